The molecule has 0 saturated carbocycles. The highest BCUT2D eigenvalue weighted by Gasteiger charge is 2.23. The van der Waals surface area contributed by atoms with Crippen LogP contribution >= 0.6 is 11.6 Å². The van der Waals surface area contributed by atoms with Gasteiger partial charge in [0.1, 0.15) is 11.0 Å². The molecule has 96 valence electrons. The van der Waals surface area contributed by atoms with Gasteiger partial charge in [0.25, 0.3) is 0 Å². The first-order valence-electron chi connectivity index (χ1n) is 6.15. The summed E-state index contributed by atoms with van der Waals surface area (Å²) in [5, 5.41) is 5.62. The maximum Gasteiger partial charge on any atom is 0.163 e. The average Bonchev–Trinajstić information content (AvgIpc) is 2.97. The summed E-state index contributed by atoms with van der Waals surface area (Å²) < 4.78 is 7.25. The Kier molecular flexibility index (Phi) is 2.95. The van der Waals surface area contributed by atoms with Crippen molar-refractivity contribution in [2.24, 2.45) is 0 Å². The van der Waals surface area contributed by atoms with Crippen LogP contribution in [-0.4, -0.2) is 33.0 Å². The van der Waals surface area contributed by atoms with Gasteiger partial charge in [0.05, 0.1) is 18.2 Å². The molecular weight excluding hydrogens is 252 g/mol. The Hall–Kier alpha value is -1.20. The summed E-state index contributed by atoms with van der Waals surface area (Å²) in [6.45, 7) is 5.59. The molecule has 0 N–H and O–H groups in total. The molecule has 0 radical (unpaired) electrons. The van der Waals surface area contributed by atoms with E-state index in [0.717, 1.165) is 29.9 Å². The van der Waals surface area contributed by atoms with Crippen LogP contribution in [0.5, 0.6) is 0 Å². The maximum absolute atomic E-state index is 6.21. The molecule has 2 aromatic rings. The van der Waals surface area contributed by atoms with E-state index >= 15 is 0 Å². The van der Waals surface area contributed by atoms with Crippen LogP contribution in [0, 0.1) is 0 Å². The Morgan fingerprint density at radius 1 is 1.44 bits per heavy atom. The molecule has 5 nitrogen and oxygen atoms in total. The van der Waals surface area contributed by atoms with Crippen molar-refractivity contribution in [3.05, 3.63) is 17.2 Å². The van der Waals surface area contributed by atoms with Crippen molar-refractivity contribution in [1.82, 2.24) is 19.7 Å². The molecule has 3 rings (SSSR count). The molecule has 1 aliphatic rings. The lowest BCUT2D eigenvalue weighted by atomic mass is 10.1. The highest BCUT2D eigenvalue weighted by molar-refractivity contribution is 6.33. The zero-order valence-electron chi connectivity index (χ0n) is 10.4. The van der Waals surface area contributed by atoms with Crippen LogP contribution in [0.4, 0.5) is 0 Å². The Morgan fingerprint density at radius 3 is 2.94 bits per heavy atom. The van der Waals surface area contributed by atoms with Gasteiger partial charge >= 0.3 is 0 Å². The lowest BCUT2D eigenvalue weighted by Gasteiger charge is -2.10. The van der Waals surface area contributed by atoms with Crippen molar-refractivity contribution in [3.63, 3.8) is 0 Å². The van der Waals surface area contributed by atoms with E-state index in [1.165, 1.54) is 0 Å². The minimum Gasteiger partial charge on any atom is -0.381 e. The fraction of sp³-hybridized carbons (Fsp3) is 0.583. The summed E-state index contributed by atoms with van der Waals surface area (Å²) >= 11 is 6.21. The Labute approximate surface area is 110 Å². The fourth-order valence-corrected chi connectivity index (χ4v) is 2.43. The summed E-state index contributed by atoms with van der Waals surface area (Å²) in [4.78, 5) is 9.00. The minimum atomic E-state index is 0.251. The molecule has 3 heterocycles. The van der Waals surface area contributed by atoms with Gasteiger partial charge in [0, 0.05) is 18.6 Å². The van der Waals surface area contributed by atoms with Gasteiger partial charge in [-0.15, -0.1) is 0 Å². The van der Waals surface area contributed by atoms with Crippen LogP contribution in [0.15, 0.2) is 6.20 Å². The maximum atomic E-state index is 6.21. The third-order valence-corrected chi connectivity index (χ3v) is 3.50. The summed E-state index contributed by atoms with van der Waals surface area (Å²) in [7, 11) is 0. The van der Waals surface area contributed by atoms with Gasteiger partial charge in [-0.1, -0.05) is 11.6 Å². The van der Waals surface area contributed by atoms with Crippen molar-refractivity contribution in [2.45, 2.75) is 32.2 Å². The number of aromatic nitrogens is 4. The lowest BCUT2D eigenvalue weighted by Crippen LogP contribution is -2.08. The third kappa shape index (κ3) is 1.87. The van der Waals surface area contributed by atoms with Crippen molar-refractivity contribution in [2.75, 3.05) is 13.2 Å². The van der Waals surface area contributed by atoms with Gasteiger partial charge in [-0.2, -0.15) is 5.10 Å². The van der Waals surface area contributed by atoms with Gasteiger partial charge in [-0.3, -0.25) is 0 Å². The minimum absolute atomic E-state index is 0.251. The second kappa shape index (κ2) is 4.48. The van der Waals surface area contributed by atoms with Gasteiger partial charge in [0.15, 0.2) is 5.65 Å². The number of ether oxygens (including phenoxy) is 1. The molecule has 0 bridgehead atoms. The second-order valence-corrected chi connectivity index (χ2v) is 5.21. The van der Waals surface area contributed by atoms with Crippen LogP contribution in [0.2, 0.25) is 5.15 Å². The molecule has 1 fully saturated rings. The van der Waals surface area contributed by atoms with E-state index < -0.39 is 0 Å². The number of nitrogens with zero attached hydrogens (tertiary/aromatic N) is 4. The first kappa shape index (κ1) is 11.9. The number of fused-ring (bicyclic) bond motifs is 1. The fourth-order valence-electron chi connectivity index (χ4n) is 2.21. The highest BCUT2D eigenvalue weighted by atomic mass is 35.5. The van der Waals surface area contributed by atoms with E-state index in [-0.39, 0.29) is 12.0 Å². The van der Waals surface area contributed by atoms with E-state index in [9.17, 15) is 0 Å². The molecule has 1 atom stereocenters. The van der Waals surface area contributed by atoms with Crippen LogP contribution in [0.3, 0.4) is 0 Å². The van der Waals surface area contributed by atoms with Gasteiger partial charge in [0.2, 0.25) is 0 Å². The van der Waals surface area contributed by atoms with E-state index in [4.69, 9.17) is 16.3 Å². The summed E-state index contributed by atoms with van der Waals surface area (Å²) in [6.07, 6.45) is 2.68. The third-order valence-electron chi connectivity index (χ3n) is 3.21. The number of hydrogen-bond donors (Lipinski definition) is 0. The topological polar surface area (TPSA) is 52.8 Å². The van der Waals surface area contributed by atoms with Crippen molar-refractivity contribution >= 4 is 22.6 Å². The van der Waals surface area contributed by atoms with E-state index in [1.807, 2.05) is 4.68 Å². The second-order valence-electron chi connectivity index (χ2n) is 4.85. The van der Waals surface area contributed by atoms with E-state index in [1.54, 1.807) is 6.20 Å². The molecule has 6 heteroatoms. The molecular formula is C12H15ClN4O. The number of halogens is 1. The molecule has 1 aliphatic heterocycles. The zero-order chi connectivity index (χ0) is 12.7. The van der Waals surface area contributed by atoms with Crippen LogP contribution < -0.4 is 0 Å². The average molecular weight is 267 g/mol. The van der Waals surface area contributed by atoms with Gasteiger partial charge < -0.3 is 4.74 Å². The van der Waals surface area contributed by atoms with E-state index in [2.05, 4.69) is 28.9 Å². The van der Waals surface area contributed by atoms with Crippen LogP contribution in [-0.2, 0) is 4.74 Å². The first-order valence-corrected chi connectivity index (χ1v) is 6.53. The monoisotopic (exact) mass is 266 g/mol. The summed E-state index contributed by atoms with van der Waals surface area (Å²) in [6, 6.07) is 0.251. The van der Waals surface area contributed by atoms with Crippen molar-refractivity contribution < 1.29 is 4.74 Å². The predicted molar refractivity (Wildman–Crippen MR) is 68.9 cm³/mol. The zero-order valence-corrected chi connectivity index (χ0v) is 11.2. The Balaban J connectivity index is 2.14. The van der Waals surface area contributed by atoms with Gasteiger partial charge in [-0.25, -0.2) is 14.6 Å². The quantitative estimate of drug-likeness (QED) is 0.784. The molecule has 18 heavy (non-hydrogen) atoms. The molecule has 2 aromatic heterocycles. The largest absolute Gasteiger partial charge is 0.381 e. The van der Waals surface area contributed by atoms with E-state index in [0.29, 0.717) is 11.8 Å². The molecule has 1 unspecified atom stereocenters. The summed E-state index contributed by atoms with van der Waals surface area (Å²) in [5.41, 5.74) is 0.812. The SMILES string of the molecule is CC(C)n1ncc2c(Cl)nc(C3CCOC3)nc21. The standard InChI is InChI=1S/C12H15ClN4O/c1-7(2)17-12-9(5-14-17)10(13)15-11(16-12)8-3-4-18-6-8/h5,7-8H,3-4,6H2,1-2H3. The van der Waals surface area contributed by atoms with Crippen LogP contribution in [0.1, 0.15) is 38.1 Å². The van der Waals surface area contributed by atoms with Crippen molar-refractivity contribution in [1.29, 1.82) is 0 Å². The molecule has 0 amide bonds. The number of rotatable bonds is 2. The highest BCUT2D eigenvalue weighted by Crippen LogP contribution is 2.28. The molecule has 0 spiro atoms. The van der Waals surface area contributed by atoms with Gasteiger partial charge in [-0.05, 0) is 20.3 Å². The Morgan fingerprint density at radius 2 is 2.28 bits per heavy atom. The Bertz CT molecular complexity index is 575. The molecule has 0 aromatic carbocycles. The molecule has 1 saturated heterocycles. The van der Waals surface area contributed by atoms with Crippen LogP contribution in [0.25, 0.3) is 11.0 Å². The lowest BCUT2D eigenvalue weighted by molar-refractivity contribution is 0.193. The predicted octanol–water partition coefficient (Wildman–Crippen LogP) is 2.56. The molecule has 0 aliphatic carbocycles. The number of hydrogen-bond acceptors (Lipinski definition) is 4. The summed E-state index contributed by atoms with van der Waals surface area (Å²) in [5.74, 6) is 1.02. The smallest absolute Gasteiger partial charge is 0.163 e. The normalized spacial score (nSPS) is 20.1. The van der Waals surface area contributed by atoms with Crippen molar-refractivity contribution in [3.8, 4) is 0 Å². The first-order chi connectivity index (χ1) is 8.66.